The average Bonchev–Trinajstić information content (AvgIpc) is 2.49. The fraction of sp³-hybridized carbons (Fsp3) is 0.267. The van der Waals surface area contributed by atoms with Crippen LogP contribution < -0.4 is 10.1 Å². The number of halogens is 2. The standard InChI is InChI=1S/C15H16F2N2OS/c1-3-8-18-14-12(16)9-13(17)15(19-14)21-11-6-4-10(20-2)5-7-11/h4-7,9H,3,8H2,1-2H3,(H,18,19). The molecule has 2 rings (SSSR count). The van der Waals surface area contributed by atoms with E-state index in [4.69, 9.17) is 4.74 Å². The summed E-state index contributed by atoms with van der Waals surface area (Å²) in [4.78, 5) is 4.82. The molecule has 0 aliphatic rings. The van der Waals surface area contributed by atoms with Gasteiger partial charge in [-0.05, 0) is 30.7 Å². The first kappa shape index (κ1) is 15.6. The number of hydrogen-bond acceptors (Lipinski definition) is 4. The first-order valence-electron chi connectivity index (χ1n) is 6.56. The summed E-state index contributed by atoms with van der Waals surface area (Å²) in [5, 5.41) is 2.99. The molecule has 0 aliphatic heterocycles. The van der Waals surface area contributed by atoms with E-state index in [1.165, 1.54) is 0 Å². The molecule has 1 aromatic carbocycles. The van der Waals surface area contributed by atoms with Crippen molar-refractivity contribution < 1.29 is 13.5 Å². The van der Waals surface area contributed by atoms with Crippen molar-refractivity contribution in [1.29, 1.82) is 0 Å². The molecule has 2 aromatic rings. The lowest BCUT2D eigenvalue weighted by atomic mass is 10.3. The highest BCUT2D eigenvalue weighted by atomic mass is 32.2. The highest BCUT2D eigenvalue weighted by molar-refractivity contribution is 7.99. The van der Waals surface area contributed by atoms with Crippen LogP contribution in [0.4, 0.5) is 14.6 Å². The van der Waals surface area contributed by atoms with Gasteiger partial charge in [-0.25, -0.2) is 13.8 Å². The average molecular weight is 310 g/mol. The molecular formula is C15H16F2N2OS. The minimum Gasteiger partial charge on any atom is -0.497 e. The summed E-state index contributed by atoms with van der Waals surface area (Å²) >= 11 is 1.14. The minimum absolute atomic E-state index is 0.0780. The van der Waals surface area contributed by atoms with Crippen LogP contribution >= 0.6 is 11.8 Å². The van der Waals surface area contributed by atoms with Crippen LogP contribution in [0.15, 0.2) is 40.3 Å². The molecule has 1 heterocycles. The van der Waals surface area contributed by atoms with E-state index in [1.54, 1.807) is 31.4 Å². The van der Waals surface area contributed by atoms with Crippen molar-refractivity contribution in [3.8, 4) is 5.75 Å². The van der Waals surface area contributed by atoms with E-state index in [-0.39, 0.29) is 10.8 Å². The summed E-state index contributed by atoms with van der Waals surface area (Å²) in [6.45, 7) is 2.55. The topological polar surface area (TPSA) is 34.2 Å². The predicted octanol–water partition coefficient (Wildman–Crippen LogP) is 4.34. The molecule has 6 heteroatoms. The molecule has 0 fully saturated rings. The van der Waals surface area contributed by atoms with E-state index in [2.05, 4.69) is 10.3 Å². The summed E-state index contributed by atoms with van der Waals surface area (Å²) in [6.07, 6.45) is 0.833. The van der Waals surface area contributed by atoms with E-state index in [1.807, 2.05) is 6.92 Å². The van der Waals surface area contributed by atoms with E-state index >= 15 is 0 Å². The van der Waals surface area contributed by atoms with Gasteiger partial charge in [0.2, 0.25) is 0 Å². The first-order chi connectivity index (χ1) is 10.1. The van der Waals surface area contributed by atoms with E-state index in [9.17, 15) is 8.78 Å². The number of hydrogen-bond donors (Lipinski definition) is 1. The monoisotopic (exact) mass is 310 g/mol. The Kier molecular flexibility index (Phi) is 5.38. The van der Waals surface area contributed by atoms with Crippen molar-refractivity contribution in [2.45, 2.75) is 23.3 Å². The van der Waals surface area contributed by atoms with Crippen LogP contribution in [0.1, 0.15) is 13.3 Å². The fourth-order valence-electron chi connectivity index (χ4n) is 1.64. The summed E-state index contributed by atoms with van der Waals surface area (Å²) in [5.74, 6) is -0.554. The zero-order valence-corrected chi connectivity index (χ0v) is 12.6. The highest BCUT2D eigenvalue weighted by Crippen LogP contribution is 2.31. The van der Waals surface area contributed by atoms with E-state index in [0.717, 1.165) is 34.9 Å². The van der Waals surface area contributed by atoms with Gasteiger partial charge in [0, 0.05) is 17.5 Å². The van der Waals surface area contributed by atoms with Gasteiger partial charge in [-0.3, -0.25) is 0 Å². The second kappa shape index (κ2) is 7.26. The number of nitrogens with one attached hydrogen (secondary N) is 1. The molecule has 0 spiro atoms. The van der Waals surface area contributed by atoms with Gasteiger partial charge in [0.05, 0.1) is 7.11 Å². The maximum Gasteiger partial charge on any atom is 0.168 e. The van der Waals surface area contributed by atoms with E-state index < -0.39 is 11.6 Å². The van der Waals surface area contributed by atoms with Gasteiger partial charge in [-0.1, -0.05) is 18.7 Å². The van der Waals surface area contributed by atoms with Gasteiger partial charge in [-0.15, -0.1) is 0 Å². The van der Waals surface area contributed by atoms with Gasteiger partial charge in [0.15, 0.2) is 17.5 Å². The number of anilines is 1. The lowest BCUT2D eigenvalue weighted by molar-refractivity contribution is 0.414. The van der Waals surface area contributed by atoms with Gasteiger partial charge in [0.25, 0.3) is 0 Å². The molecule has 0 bridgehead atoms. The summed E-state index contributed by atoms with van der Waals surface area (Å²) in [5.41, 5.74) is 0. The largest absolute Gasteiger partial charge is 0.497 e. The second-order valence-corrected chi connectivity index (χ2v) is 5.37. The zero-order valence-electron chi connectivity index (χ0n) is 11.8. The molecule has 0 radical (unpaired) electrons. The number of ether oxygens (including phenoxy) is 1. The van der Waals surface area contributed by atoms with Gasteiger partial charge < -0.3 is 10.1 Å². The van der Waals surface area contributed by atoms with Crippen molar-refractivity contribution in [2.24, 2.45) is 0 Å². The molecule has 1 N–H and O–H groups in total. The van der Waals surface area contributed by atoms with Gasteiger partial charge in [0.1, 0.15) is 10.8 Å². The second-order valence-electron chi connectivity index (χ2n) is 4.31. The van der Waals surface area contributed by atoms with Crippen LogP contribution in [0.2, 0.25) is 0 Å². The summed E-state index contributed by atoms with van der Waals surface area (Å²) < 4.78 is 32.5. The normalized spacial score (nSPS) is 10.5. The molecular weight excluding hydrogens is 294 g/mol. The molecule has 21 heavy (non-hydrogen) atoms. The van der Waals surface area contributed by atoms with Crippen LogP contribution in [0.3, 0.4) is 0 Å². The number of nitrogens with zero attached hydrogens (tertiary/aromatic N) is 1. The molecule has 0 amide bonds. The molecule has 0 atom stereocenters. The zero-order chi connectivity index (χ0) is 15.2. The Balaban J connectivity index is 2.21. The number of aromatic nitrogens is 1. The fourth-order valence-corrected chi connectivity index (χ4v) is 2.43. The molecule has 0 aliphatic carbocycles. The van der Waals surface area contributed by atoms with E-state index in [0.29, 0.717) is 6.54 Å². The van der Waals surface area contributed by atoms with Crippen LogP contribution in [0.25, 0.3) is 0 Å². The highest BCUT2D eigenvalue weighted by Gasteiger charge is 2.13. The number of rotatable bonds is 6. The third kappa shape index (κ3) is 4.07. The summed E-state index contributed by atoms with van der Waals surface area (Å²) in [7, 11) is 1.58. The van der Waals surface area contributed by atoms with Crippen LogP contribution in [-0.4, -0.2) is 18.6 Å². The van der Waals surface area contributed by atoms with Crippen LogP contribution in [0, 0.1) is 11.6 Å². The Morgan fingerprint density at radius 1 is 1.19 bits per heavy atom. The van der Waals surface area contributed by atoms with Crippen molar-refractivity contribution in [1.82, 2.24) is 4.98 Å². The number of methoxy groups -OCH3 is 1. The number of benzene rings is 1. The third-order valence-electron chi connectivity index (χ3n) is 2.71. The Labute approximate surface area is 126 Å². The number of pyridine rings is 1. The molecule has 112 valence electrons. The van der Waals surface area contributed by atoms with Crippen molar-refractivity contribution >= 4 is 17.6 Å². The third-order valence-corrected chi connectivity index (χ3v) is 3.70. The quantitative estimate of drug-likeness (QED) is 0.860. The lowest BCUT2D eigenvalue weighted by Gasteiger charge is -2.09. The molecule has 3 nitrogen and oxygen atoms in total. The predicted molar refractivity (Wildman–Crippen MR) is 80.1 cm³/mol. The van der Waals surface area contributed by atoms with Crippen LogP contribution in [-0.2, 0) is 0 Å². The Morgan fingerprint density at radius 3 is 2.52 bits per heavy atom. The SMILES string of the molecule is CCCNc1nc(Sc2ccc(OC)cc2)c(F)cc1F. The van der Waals surface area contributed by atoms with Crippen LogP contribution in [0.5, 0.6) is 5.75 Å². The maximum absolute atomic E-state index is 13.8. The smallest absolute Gasteiger partial charge is 0.168 e. The van der Waals surface area contributed by atoms with Gasteiger partial charge >= 0.3 is 0 Å². The Bertz CT molecular complexity index is 605. The Morgan fingerprint density at radius 2 is 1.90 bits per heavy atom. The molecule has 0 saturated heterocycles. The Hall–Kier alpha value is -1.82. The summed E-state index contributed by atoms with van der Waals surface area (Å²) in [6, 6.07) is 8.01. The van der Waals surface area contributed by atoms with Crippen molar-refractivity contribution in [2.75, 3.05) is 19.0 Å². The van der Waals surface area contributed by atoms with Crippen molar-refractivity contribution in [3.63, 3.8) is 0 Å². The van der Waals surface area contributed by atoms with Gasteiger partial charge in [-0.2, -0.15) is 0 Å². The lowest BCUT2D eigenvalue weighted by Crippen LogP contribution is -2.06. The maximum atomic E-state index is 13.8. The molecule has 0 saturated carbocycles. The minimum atomic E-state index is -0.681. The van der Waals surface area contributed by atoms with Crippen molar-refractivity contribution in [3.05, 3.63) is 42.0 Å². The molecule has 0 unspecified atom stereocenters. The first-order valence-corrected chi connectivity index (χ1v) is 7.37. The molecule has 1 aromatic heterocycles.